The van der Waals surface area contributed by atoms with E-state index in [1.165, 1.54) is 6.08 Å². The molecule has 0 fully saturated rings. The smallest absolute Gasteiger partial charge is 0.266 e. The van der Waals surface area contributed by atoms with Crippen molar-refractivity contribution in [3.8, 4) is 6.07 Å². The Morgan fingerprint density at radius 1 is 1.24 bits per heavy atom. The molecule has 0 heterocycles. The molecule has 5 nitrogen and oxygen atoms in total. The fraction of sp³-hybridized carbons (Fsp3) is 0.158. The fourth-order valence-electron chi connectivity index (χ4n) is 2.15. The lowest BCUT2D eigenvalue weighted by Gasteiger charge is -2.17. The zero-order valence-corrected chi connectivity index (χ0v) is 14.5. The molecule has 25 heavy (non-hydrogen) atoms. The highest BCUT2D eigenvalue weighted by atomic mass is 35.5. The third-order valence-corrected chi connectivity index (χ3v) is 3.80. The van der Waals surface area contributed by atoms with Crippen molar-refractivity contribution >= 4 is 35.0 Å². The van der Waals surface area contributed by atoms with Gasteiger partial charge in [0.2, 0.25) is 0 Å². The number of halogens is 1. The molecule has 1 amide bonds. The molecule has 0 aromatic heterocycles. The molecule has 2 rings (SSSR count). The Balaban J connectivity index is 2.12. The molecule has 128 valence electrons. The lowest BCUT2D eigenvalue weighted by atomic mass is 10.1. The van der Waals surface area contributed by atoms with E-state index >= 15 is 0 Å². The summed E-state index contributed by atoms with van der Waals surface area (Å²) in [6, 6.07) is 15.9. The largest absolute Gasteiger partial charge is 0.395 e. The van der Waals surface area contributed by atoms with Crippen molar-refractivity contribution in [2.45, 2.75) is 0 Å². The van der Waals surface area contributed by atoms with Crippen LogP contribution in [0.4, 0.5) is 11.4 Å². The number of aliphatic hydroxyl groups excluding tert-OH is 1. The van der Waals surface area contributed by atoms with Gasteiger partial charge in [-0.2, -0.15) is 5.26 Å². The summed E-state index contributed by atoms with van der Waals surface area (Å²) in [6.07, 6.45) is 1.53. The number of rotatable bonds is 6. The monoisotopic (exact) mass is 355 g/mol. The van der Waals surface area contributed by atoms with Gasteiger partial charge < -0.3 is 15.3 Å². The Morgan fingerprint density at radius 2 is 1.88 bits per heavy atom. The van der Waals surface area contributed by atoms with Gasteiger partial charge in [-0.3, -0.25) is 4.79 Å². The molecule has 0 radical (unpaired) electrons. The molecular formula is C19H18ClN3O2. The van der Waals surface area contributed by atoms with E-state index in [2.05, 4.69) is 5.32 Å². The van der Waals surface area contributed by atoms with E-state index in [1.54, 1.807) is 24.3 Å². The number of hydrogen-bond donors (Lipinski definition) is 2. The second kappa shape index (κ2) is 8.88. The van der Waals surface area contributed by atoms with Crippen LogP contribution in [0.2, 0.25) is 5.02 Å². The number of nitriles is 1. The Hall–Kier alpha value is -2.81. The third-order valence-electron chi connectivity index (χ3n) is 3.55. The molecule has 0 unspecified atom stereocenters. The van der Waals surface area contributed by atoms with Crippen LogP contribution in [0.15, 0.2) is 54.1 Å². The molecule has 0 aliphatic heterocycles. The molecule has 0 bridgehead atoms. The van der Waals surface area contributed by atoms with Crippen molar-refractivity contribution in [2.75, 3.05) is 30.4 Å². The minimum absolute atomic E-state index is 0.00594. The van der Waals surface area contributed by atoms with Crippen molar-refractivity contribution in [3.63, 3.8) is 0 Å². The van der Waals surface area contributed by atoms with Gasteiger partial charge in [-0.1, -0.05) is 23.7 Å². The molecule has 2 N–H and O–H groups in total. The maximum Gasteiger partial charge on any atom is 0.266 e. The number of nitrogens with one attached hydrogen (secondary N) is 1. The molecule has 2 aromatic rings. The van der Waals surface area contributed by atoms with Crippen LogP contribution in [-0.4, -0.2) is 31.2 Å². The maximum absolute atomic E-state index is 12.2. The Kier molecular flexibility index (Phi) is 6.58. The van der Waals surface area contributed by atoms with E-state index in [0.29, 0.717) is 17.3 Å². The van der Waals surface area contributed by atoms with Crippen molar-refractivity contribution in [1.82, 2.24) is 0 Å². The first-order chi connectivity index (χ1) is 12.0. The highest BCUT2D eigenvalue weighted by Crippen LogP contribution is 2.17. The summed E-state index contributed by atoms with van der Waals surface area (Å²) in [4.78, 5) is 14.1. The number of amides is 1. The van der Waals surface area contributed by atoms with E-state index in [9.17, 15) is 10.1 Å². The highest BCUT2D eigenvalue weighted by Gasteiger charge is 2.09. The molecule has 0 saturated carbocycles. The third kappa shape index (κ3) is 5.35. The van der Waals surface area contributed by atoms with Crippen molar-refractivity contribution in [3.05, 3.63) is 64.7 Å². The number of aliphatic hydroxyl groups is 1. The first kappa shape index (κ1) is 18.5. The zero-order chi connectivity index (χ0) is 18.2. The molecular weight excluding hydrogens is 338 g/mol. The fourth-order valence-corrected chi connectivity index (χ4v) is 2.28. The number of carbonyl (C=O) groups is 1. The van der Waals surface area contributed by atoms with Crippen LogP contribution in [0.5, 0.6) is 0 Å². The summed E-state index contributed by atoms with van der Waals surface area (Å²) in [5, 5.41) is 21.5. The lowest BCUT2D eigenvalue weighted by Crippen LogP contribution is -2.20. The predicted octanol–water partition coefficient (Wildman–Crippen LogP) is 3.31. The van der Waals surface area contributed by atoms with Gasteiger partial charge in [0.25, 0.3) is 5.91 Å². The van der Waals surface area contributed by atoms with Gasteiger partial charge in [0.05, 0.1) is 6.61 Å². The highest BCUT2D eigenvalue weighted by molar-refractivity contribution is 6.30. The predicted molar refractivity (Wildman–Crippen MR) is 100 cm³/mol. The van der Waals surface area contributed by atoms with Gasteiger partial charge in [0.1, 0.15) is 11.6 Å². The standard InChI is InChI=1S/C19H18ClN3O2/c1-23(10-11-24)18-8-2-14(3-9-18)12-15(13-21)19(25)22-17-6-4-16(20)5-7-17/h2-9,12,24H,10-11H2,1H3,(H,22,25)/b15-12+. The Labute approximate surface area is 151 Å². The Morgan fingerprint density at radius 3 is 2.44 bits per heavy atom. The molecule has 0 atom stereocenters. The molecule has 2 aromatic carbocycles. The SMILES string of the molecule is CN(CCO)c1ccc(/C=C(\C#N)C(=O)Nc2ccc(Cl)cc2)cc1. The topological polar surface area (TPSA) is 76.4 Å². The number of benzene rings is 2. The summed E-state index contributed by atoms with van der Waals surface area (Å²) in [6.45, 7) is 0.601. The first-order valence-electron chi connectivity index (χ1n) is 7.64. The number of hydrogen-bond acceptors (Lipinski definition) is 4. The first-order valence-corrected chi connectivity index (χ1v) is 8.02. The van der Waals surface area contributed by atoms with Gasteiger partial charge in [-0.05, 0) is 48.0 Å². The Bertz CT molecular complexity index is 793. The van der Waals surface area contributed by atoms with Gasteiger partial charge in [0.15, 0.2) is 0 Å². The lowest BCUT2D eigenvalue weighted by molar-refractivity contribution is -0.112. The van der Waals surface area contributed by atoms with Crippen LogP contribution >= 0.6 is 11.6 Å². The van der Waals surface area contributed by atoms with Crippen LogP contribution in [0.25, 0.3) is 6.08 Å². The van der Waals surface area contributed by atoms with Gasteiger partial charge in [-0.25, -0.2) is 0 Å². The molecule has 6 heteroatoms. The normalized spacial score (nSPS) is 10.9. The zero-order valence-electron chi connectivity index (χ0n) is 13.7. The van der Waals surface area contributed by atoms with Crippen LogP contribution in [-0.2, 0) is 4.79 Å². The average Bonchev–Trinajstić information content (AvgIpc) is 2.62. The average molecular weight is 356 g/mol. The number of carbonyl (C=O) groups excluding carboxylic acids is 1. The van der Waals surface area contributed by atoms with Crippen LogP contribution in [0.3, 0.4) is 0 Å². The number of likely N-dealkylation sites (N-methyl/N-ethyl adjacent to an activating group) is 1. The second-order valence-electron chi connectivity index (χ2n) is 5.37. The van der Waals surface area contributed by atoms with Gasteiger partial charge in [0, 0.05) is 30.0 Å². The molecule has 0 saturated heterocycles. The maximum atomic E-state index is 12.2. The summed E-state index contributed by atoms with van der Waals surface area (Å²) < 4.78 is 0. The van der Waals surface area contributed by atoms with Crippen molar-refractivity contribution in [1.29, 1.82) is 5.26 Å². The number of nitrogens with zero attached hydrogens (tertiary/aromatic N) is 2. The van der Waals surface area contributed by atoms with Crippen molar-refractivity contribution in [2.24, 2.45) is 0 Å². The van der Waals surface area contributed by atoms with E-state index in [0.717, 1.165) is 11.3 Å². The molecule has 0 spiro atoms. The minimum atomic E-state index is -0.480. The second-order valence-corrected chi connectivity index (χ2v) is 5.80. The summed E-state index contributed by atoms with van der Waals surface area (Å²) in [5.74, 6) is -0.480. The van der Waals surface area contributed by atoms with E-state index in [-0.39, 0.29) is 12.2 Å². The van der Waals surface area contributed by atoms with Crippen LogP contribution < -0.4 is 10.2 Å². The van der Waals surface area contributed by atoms with Gasteiger partial charge in [-0.15, -0.1) is 0 Å². The molecule has 0 aliphatic carbocycles. The quantitative estimate of drug-likeness (QED) is 0.615. The molecule has 0 aliphatic rings. The number of anilines is 2. The van der Waals surface area contributed by atoms with Crippen molar-refractivity contribution < 1.29 is 9.90 Å². The van der Waals surface area contributed by atoms with E-state index in [4.69, 9.17) is 16.7 Å². The minimum Gasteiger partial charge on any atom is -0.395 e. The summed E-state index contributed by atoms with van der Waals surface area (Å²) in [7, 11) is 1.88. The van der Waals surface area contributed by atoms with Crippen LogP contribution in [0.1, 0.15) is 5.56 Å². The van der Waals surface area contributed by atoms with E-state index in [1.807, 2.05) is 42.3 Å². The summed E-state index contributed by atoms with van der Waals surface area (Å²) in [5.41, 5.74) is 2.25. The summed E-state index contributed by atoms with van der Waals surface area (Å²) >= 11 is 5.81. The van der Waals surface area contributed by atoms with E-state index < -0.39 is 5.91 Å². The van der Waals surface area contributed by atoms with Crippen LogP contribution in [0, 0.1) is 11.3 Å². The van der Waals surface area contributed by atoms with Gasteiger partial charge >= 0.3 is 0 Å².